The second kappa shape index (κ2) is 13.1. The van der Waals surface area contributed by atoms with Crippen LogP contribution < -0.4 is 5.32 Å². The first-order valence-electron chi connectivity index (χ1n) is 18.3. The zero-order chi connectivity index (χ0) is 35.9. The normalized spacial score (nSPS) is 25.3. The Labute approximate surface area is 307 Å². The topological polar surface area (TPSA) is 36.8 Å². The maximum Gasteiger partial charge on any atom is 0.161 e. The van der Waals surface area contributed by atoms with Crippen LogP contribution in [0.15, 0.2) is 168 Å². The number of amidine groups is 2. The third-order valence-corrected chi connectivity index (χ3v) is 11.5. The molecular formula is C49H45N3. The van der Waals surface area contributed by atoms with Crippen molar-refractivity contribution in [3.8, 4) is 11.1 Å². The summed E-state index contributed by atoms with van der Waals surface area (Å²) in [6.45, 7) is 13.1. The summed E-state index contributed by atoms with van der Waals surface area (Å²) in [6, 6.07) is 35.1. The second-order valence-corrected chi connectivity index (χ2v) is 14.8. The van der Waals surface area contributed by atoms with E-state index in [0.29, 0.717) is 0 Å². The number of rotatable bonds is 7. The molecule has 0 fully saturated rings. The number of hydrogen-bond acceptors (Lipinski definition) is 3. The highest BCUT2D eigenvalue weighted by Gasteiger charge is 2.51. The van der Waals surface area contributed by atoms with Crippen molar-refractivity contribution in [1.82, 2.24) is 5.32 Å². The van der Waals surface area contributed by atoms with Gasteiger partial charge in [0.2, 0.25) is 0 Å². The van der Waals surface area contributed by atoms with Gasteiger partial charge >= 0.3 is 0 Å². The molecule has 3 heteroatoms. The van der Waals surface area contributed by atoms with Crippen molar-refractivity contribution in [1.29, 1.82) is 0 Å². The van der Waals surface area contributed by atoms with Crippen LogP contribution in [0.1, 0.15) is 62.3 Å². The van der Waals surface area contributed by atoms with Crippen molar-refractivity contribution >= 4 is 45.4 Å². The Bertz CT molecular complexity index is 2420. The van der Waals surface area contributed by atoms with E-state index in [1.807, 2.05) is 12.1 Å². The van der Waals surface area contributed by atoms with Gasteiger partial charge in [0.05, 0.1) is 0 Å². The highest BCUT2D eigenvalue weighted by molar-refractivity contribution is 6.15. The fraction of sp³-hybridized carbons (Fsp3) is 0.184. The molecule has 5 aromatic carbocycles. The zero-order valence-electron chi connectivity index (χ0n) is 30.5. The zero-order valence-corrected chi connectivity index (χ0v) is 30.5. The fourth-order valence-corrected chi connectivity index (χ4v) is 8.29. The van der Waals surface area contributed by atoms with E-state index in [9.17, 15) is 0 Å². The first-order valence-corrected chi connectivity index (χ1v) is 18.3. The molecule has 256 valence electrons. The molecule has 4 unspecified atom stereocenters. The van der Waals surface area contributed by atoms with Crippen LogP contribution in [0, 0.1) is 10.8 Å². The van der Waals surface area contributed by atoms with Gasteiger partial charge < -0.3 is 5.32 Å². The molecule has 0 aromatic heterocycles. The van der Waals surface area contributed by atoms with Gasteiger partial charge in [0.25, 0.3) is 0 Å². The van der Waals surface area contributed by atoms with Crippen LogP contribution >= 0.6 is 0 Å². The van der Waals surface area contributed by atoms with Crippen LogP contribution in [0.5, 0.6) is 0 Å². The highest BCUT2D eigenvalue weighted by Crippen LogP contribution is 2.52. The summed E-state index contributed by atoms with van der Waals surface area (Å²) in [5.41, 5.74) is 5.54. The SMILES string of the molecule is C=Cc1c(/C=C\C)c2ccccc2c2ccc(-c3ccc(C4C=CC=CC4(C)C4(C)N=C(c5ccccc5)NC(C5(C)C=CC=CC5)=N4)cc3)cc12. The van der Waals surface area contributed by atoms with Gasteiger partial charge in [-0.3, -0.25) is 0 Å². The van der Waals surface area contributed by atoms with Crippen LogP contribution in [0.4, 0.5) is 0 Å². The molecule has 0 amide bonds. The molecule has 1 aliphatic heterocycles. The Morgan fingerprint density at radius 3 is 2.13 bits per heavy atom. The van der Waals surface area contributed by atoms with Gasteiger partial charge in [-0.25, -0.2) is 9.98 Å². The van der Waals surface area contributed by atoms with Gasteiger partial charge in [0.1, 0.15) is 11.7 Å². The van der Waals surface area contributed by atoms with Crippen LogP contribution in [0.2, 0.25) is 0 Å². The number of nitrogens with one attached hydrogen (secondary N) is 1. The fourth-order valence-electron chi connectivity index (χ4n) is 8.29. The van der Waals surface area contributed by atoms with Crippen LogP contribution in [-0.2, 0) is 0 Å². The van der Waals surface area contributed by atoms with Gasteiger partial charge in [-0.1, -0.05) is 171 Å². The van der Waals surface area contributed by atoms with E-state index in [-0.39, 0.29) is 11.3 Å². The lowest BCUT2D eigenvalue weighted by Crippen LogP contribution is -2.54. The van der Waals surface area contributed by atoms with Crippen molar-refractivity contribution < 1.29 is 0 Å². The predicted molar refractivity (Wildman–Crippen MR) is 224 cm³/mol. The van der Waals surface area contributed by atoms with Gasteiger partial charge in [0.15, 0.2) is 5.66 Å². The maximum atomic E-state index is 5.54. The van der Waals surface area contributed by atoms with Gasteiger partial charge in [-0.15, -0.1) is 0 Å². The number of fused-ring (bicyclic) bond motifs is 3. The van der Waals surface area contributed by atoms with E-state index in [1.54, 1.807) is 0 Å². The quantitative estimate of drug-likeness (QED) is 0.171. The molecule has 1 heterocycles. The highest BCUT2D eigenvalue weighted by atomic mass is 15.2. The number of allylic oxidation sites excluding steroid dienone is 7. The van der Waals surface area contributed by atoms with Crippen LogP contribution in [0.25, 0.3) is 44.8 Å². The number of benzene rings is 5. The minimum Gasteiger partial charge on any atom is -0.328 e. The van der Waals surface area contributed by atoms with E-state index < -0.39 is 11.1 Å². The Morgan fingerprint density at radius 1 is 0.692 bits per heavy atom. The van der Waals surface area contributed by atoms with Crippen molar-refractivity contribution in [3.63, 3.8) is 0 Å². The maximum absolute atomic E-state index is 5.54. The summed E-state index contributed by atoms with van der Waals surface area (Å²) in [5, 5.41) is 8.64. The molecular weight excluding hydrogens is 631 g/mol. The summed E-state index contributed by atoms with van der Waals surface area (Å²) in [5.74, 6) is 1.85. The summed E-state index contributed by atoms with van der Waals surface area (Å²) in [7, 11) is 0. The lowest BCUT2D eigenvalue weighted by Gasteiger charge is -2.48. The summed E-state index contributed by atoms with van der Waals surface area (Å²) in [6.07, 6.45) is 24.9. The van der Waals surface area contributed by atoms with Gasteiger partial charge in [0, 0.05) is 22.3 Å². The smallest absolute Gasteiger partial charge is 0.161 e. The van der Waals surface area contributed by atoms with Gasteiger partial charge in [-0.2, -0.15) is 0 Å². The van der Waals surface area contributed by atoms with E-state index in [0.717, 1.165) is 23.7 Å². The summed E-state index contributed by atoms with van der Waals surface area (Å²) < 4.78 is 0. The number of nitrogens with zero attached hydrogens (tertiary/aromatic N) is 2. The van der Waals surface area contributed by atoms with Crippen molar-refractivity contribution in [2.45, 2.75) is 45.7 Å². The standard InChI is InChI=1S/C49H45N3/c1-6-18-39-38(7-2)43-33-37(28-29-42(43)41-22-13-12-21-40(39)41)34-24-26-35(27-25-34)44-23-14-17-32-48(44,4)49(5)51-45(36-19-10-8-11-20-36)50-46(52-49)47(3)30-15-9-16-31-47/h6-30,32-33,44H,2,31H2,1,3-5H3,(H,50,51,52)/b18-6-. The molecule has 0 spiro atoms. The Hall–Kier alpha value is -5.80. The van der Waals surface area contributed by atoms with Crippen LogP contribution in [-0.4, -0.2) is 17.3 Å². The molecule has 2 aliphatic carbocycles. The van der Waals surface area contributed by atoms with E-state index in [4.69, 9.17) is 9.98 Å². The summed E-state index contributed by atoms with van der Waals surface area (Å²) in [4.78, 5) is 11.0. The molecule has 0 radical (unpaired) electrons. The lowest BCUT2D eigenvalue weighted by molar-refractivity contribution is 0.203. The molecule has 52 heavy (non-hydrogen) atoms. The molecule has 5 aromatic rings. The lowest BCUT2D eigenvalue weighted by atomic mass is 9.63. The predicted octanol–water partition coefficient (Wildman–Crippen LogP) is 12.2. The molecule has 0 saturated carbocycles. The van der Waals surface area contributed by atoms with Crippen molar-refractivity contribution in [3.05, 3.63) is 181 Å². The van der Waals surface area contributed by atoms with Gasteiger partial charge in [-0.05, 0) is 82.6 Å². The van der Waals surface area contributed by atoms with E-state index in [1.165, 1.54) is 49.4 Å². The second-order valence-electron chi connectivity index (χ2n) is 14.8. The van der Waals surface area contributed by atoms with Crippen molar-refractivity contribution in [2.24, 2.45) is 20.8 Å². The average molecular weight is 676 g/mol. The first-order chi connectivity index (χ1) is 25.3. The van der Waals surface area contributed by atoms with E-state index in [2.05, 4.69) is 191 Å². The average Bonchev–Trinajstić information content (AvgIpc) is 3.18. The molecule has 3 aliphatic rings. The van der Waals surface area contributed by atoms with Crippen molar-refractivity contribution in [2.75, 3.05) is 0 Å². The third-order valence-electron chi connectivity index (χ3n) is 11.5. The number of aliphatic imine (C=N–C) groups is 2. The molecule has 3 nitrogen and oxygen atoms in total. The molecule has 0 bridgehead atoms. The van der Waals surface area contributed by atoms with E-state index >= 15 is 0 Å². The number of hydrogen-bond donors (Lipinski definition) is 1. The molecule has 8 rings (SSSR count). The molecule has 0 saturated heterocycles. The molecule has 4 atom stereocenters. The Morgan fingerprint density at radius 2 is 1.40 bits per heavy atom. The largest absolute Gasteiger partial charge is 0.328 e. The van der Waals surface area contributed by atoms with Crippen LogP contribution in [0.3, 0.4) is 0 Å². The summed E-state index contributed by atoms with van der Waals surface area (Å²) >= 11 is 0. The third kappa shape index (κ3) is 5.52. The minimum atomic E-state index is -0.784. The minimum absolute atomic E-state index is 0.0498. The molecule has 1 N–H and O–H groups in total. The monoisotopic (exact) mass is 675 g/mol. The Kier molecular flexibility index (Phi) is 8.38. The first kappa shape index (κ1) is 33.3. The Balaban J connectivity index is 1.20.